The molecule has 0 amide bonds. The third kappa shape index (κ3) is 1.32. The summed E-state index contributed by atoms with van der Waals surface area (Å²) in [6, 6.07) is 2.11. The first-order valence-corrected chi connectivity index (χ1v) is 4.81. The summed E-state index contributed by atoms with van der Waals surface area (Å²) in [7, 11) is 0. The summed E-state index contributed by atoms with van der Waals surface area (Å²) in [6.45, 7) is 2.20. The zero-order valence-electron chi connectivity index (χ0n) is 7.05. The van der Waals surface area contributed by atoms with Crippen LogP contribution >= 0.6 is 12.2 Å². The third-order valence-corrected chi connectivity index (χ3v) is 3.38. The van der Waals surface area contributed by atoms with Gasteiger partial charge in [-0.2, -0.15) is 5.26 Å². The van der Waals surface area contributed by atoms with Gasteiger partial charge in [-0.15, -0.1) is 0 Å². The van der Waals surface area contributed by atoms with Crippen LogP contribution in [0.4, 0.5) is 0 Å². The summed E-state index contributed by atoms with van der Waals surface area (Å²) < 4.78 is 0. The number of rotatable bonds is 1. The summed E-state index contributed by atoms with van der Waals surface area (Å²) in [5.41, 5.74) is 0.625. The van der Waals surface area contributed by atoms with Gasteiger partial charge in [0, 0.05) is 13.1 Å². The van der Waals surface area contributed by atoms with Gasteiger partial charge in [0.1, 0.15) is 0 Å². The molecule has 0 atom stereocenters. The maximum Gasteiger partial charge on any atom is 0.0922 e. The molecule has 1 saturated heterocycles. The summed E-state index contributed by atoms with van der Waals surface area (Å²) in [6.07, 6.45) is 4.46. The molecule has 1 spiro atoms. The van der Waals surface area contributed by atoms with Crippen molar-refractivity contribution in [3.63, 3.8) is 0 Å². The van der Waals surface area contributed by atoms with E-state index in [4.69, 9.17) is 17.5 Å². The molecule has 1 saturated carbocycles. The van der Waals surface area contributed by atoms with E-state index in [1.54, 1.807) is 0 Å². The molecular formula is C9H12N2S. The minimum atomic E-state index is 0.422. The lowest BCUT2D eigenvalue weighted by molar-refractivity contribution is 0.472. The van der Waals surface area contributed by atoms with Crippen molar-refractivity contribution in [1.82, 2.24) is 4.90 Å². The Morgan fingerprint density at radius 3 is 2.75 bits per heavy atom. The molecule has 0 aromatic carbocycles. The first-order chi connectivity index (χ1) is 5.76. The highest BCUT2D eigenvalue weighted by atomic mass is 32.1. The predicted octanol–water partition coefficient (Wildman–Crippen LogP) is 1.71. The Balaban J connectivity index is 1.91. The van der Waals surface area contributed by atoms with Crippen LogP contribution in [-0.2, 0) is 0 Å². The molecule has 12 heavy (non-hydrogen) atoms. The predicted molar refractivity (Wildman–Crippen MR) is 50.7 cm³/mol. The first kappa shape index (κ1) is 8.00. The van der Waals surface area contributed by atoms with Crippen molar-refractivity contribution < 1.29 is 0 Å². The zero-order valence-corrected chi connectivity index (χ0v) is 7.86. The van der Waals surface area contributed by atoms with Crippen LogP contribution < -0.4 is 0 Å². The normalized spacial score (nSPS) is 24.1. The van der Waals surface area contributed by atoms with E-state index in [9.17, 15) is 0 Å². The van der Waals surface area contributed by atoms with Crippen molar-refractivity contribution in [3.8, 4) is 6.07 Å². The number of nitrogens with zero attached hydrogens (tertiary/aromatic N) is 2. The van der Waals surface area contributed by atoms with Gasteiger partial charge in [0.15, 0.2) is 0 Å². The Labute approximate surface area is 78.2 Å². The Kier molecular flexibility index (Phi) is 1.80. The molecule has 0 bridgehead atoms. The first-order valence-electron chi connectivity index (χ1n) is 4.41. The molecule has 3 heteroatoms. The molecule has 2 aliphatic rings. The van der Waals surface area contributed by atoms with E-state index in [1.807, 2.05) is 0 Å². The van der Waals surface area contributed by atoms with Crippen molar-refractivity contribution in [2.75, 3.05) is 13.1 Å². The van der Waals surface area contributed by atoms with Gasteiger partial charge in [-0.3, -0.25) is 0 Å². The fraction of sp³-hybridized carbons (Fsp3) is 0.778. The molecule has 0 aromatic rings. The van der Waals surface area contributed by atoms with E-state index in [0.717, 1.165) is 18.1 Å². The summed E-state index contributed by atoms with van der Waals surface area (Å²) in [4.78, 5) is 3.06. The van der Waals surface area contributed by atoms with Gasteiger partial charge in [-0.05, 0) is 24.7 Å². The molecule has 64 valence electrons. The summed E-state index contributed by atoms with van der Waals surface area (Å²) in [5.74, 6) is 0. The van der Waals surface area contributed by atoms with Crippen molar-refractivity contribution in [1.29, 1.82) is 5.26 Å². The lowest BCUT2D eigenvalue weighted by Crippen LogP contribution is -2.26. The highest BCUT2D eigenvalue weighted by molar-refractivity contribution is 7.80. The van der Waals surface area contributed by atoms with Crippen LogP contribution in [0.3, 0.4) is 0 Å². The van der Waals surface area contributed by atoms with Crippen LogP contribution in [0.2, 0.25) is 0 Å². The number of hydrogen-bond acceptors (Lipinski definition) is 2. The van der Waals surface area contributed by atoms with Crippen molar-refractivity contribution in [3.05, 3.63) is 0 Å². The molecular weight excluding hydrogens is 168 g/mol. The Hall–Kier alpha value is -0.620. The van der Waals surface area contributed by atoms with Crippen LogP contribution in [0.15, 0.2) is 0 Å². The second-order valence-corrected chi connectivity index (χ2v) is 4.37. The molecule has 0 radical (unpaired) electrons. The fourth-order valence-corrected chi connectivity index (χ4v) is 2.13. The average Bonchev–Trinajstić information content (AvgIpc) is 2.62. The van der Waals surface area contributed by atoms with Gasteiger partial charge in [-0.25, -0.2) is 0 Å². The van der Waals surface area contributed by atoms with E-state index in [2.05, 4.69) is 11.0 Å². The standard InChI is InChI=1S/C9H12N2S/c10-5-1-8(12)11-6-4-9(7-11)2-3-9/h1-4,6-7H2. The highest BCUT2D eigenvalue weighted by Crippen LogP contribution is 2.52. The average molecular weight is 180 g/mol. The molecule has 2 fully saturated rings. The fourth-order valence-electron chi connectivity index (χ4n) is 1.91. The number of nitriles is 1. The monoisotopic (exact) mass is 180 g/mol. The molecule has 2 rings (SSSR count). The minimum Gasteiger partial charge on any atom is -0.365 e. The van der Waals surface area contributed by atoms with Crippen molar-refractivity contribution >= 4 is 17.2 Å². The molecule has 0 unspecified atom stereocenters. The summed E-state index contributed by atoms with van der Waals surface area (Å²) >= 11 is 5.15. The topological polar surface area (TPSA) is 27.0 Å². The minimum absolute atomic E-state index is 0.422. The molecule has 0 N–H and O–H groups in total. The van der Waals surface area contributed by atoms with Crippen molar-refractivity contribution in [2.45, 2.75) is 25.7 Å². The Bertz CT molecular complexity index is 250. The van der Waals surface area contributed by atoms with Gasteiger partial charge < -0.3 is 4.90 Å². The van der Waals surface area contributed by atoms with Gasteiger partial charge in [0.05, 0.1) is 17.5 Å². The Morgan fingerprint density at radius 2 is 2.25 bits per heavy atom. The van der Waals surface area contributed by atoms with Gasteiger partial charge >= 0.3 is 0 Å². The highest BCUT2D eigenvalue weighted by Gasteiger charge is 2.47. The second kappa shape index (κ2) is 2.70. The molecule has 0 aromatic heterocycles. The third-order valence-electron chi connectivity index (χ3n) is 2.98. The SMILES string of the molecule is N#CCC(=S)N1CCC2(CC2)C1. The zero-order chi connectivity index (χ0) is 8.60. The van der Waals surface area contributed by atoms with E-state index in [-0.39, 0.29) is 0 Å². The number of hydrogen-bond donors (Lipinski definition) is 0. The van der Waals surface area contributed by atoms with Crippen LogP contribution in [0.1, 0.15) is 25.7 Å². The Morgan fingerprint density at radius 1 is 1.50 bits per heavy atom. The molecule has 2 nitrogen and oxygen atoms in total. The summed E-state index contributed by atoms with van der Waals surface area (Å²) in [5, 5.41) is 8.48. The maximum atomic E-state index is 8.48. The van der Waals surface area contributed by atoms with Crippen LogP contribution in [0.5, 0.6) is 0 Å². The lowest BCUT2D eigenvalue weighted by Gasteiger charge is -2.16. The smallest absolute Gasteiger partial charge is 0.0922 e. The number of likely N-dealkylation sites (tertiary alicyclic amines) is 1. The van der Waals surface area contributed by atoms with Gasteiger partial charge in [0.25, 0.3) is 0 Å². The largest absolute Gasteiger partial charge is 0.365 e. The van der Waals surface area contributed by atoms with Gasteiger partial charge in [-0.1, -0.05) is 12.2 Å². The van der Waals surface area contributed by atoms with Crippen LogP contribution in [-0.4, -0.2) is 23.0 Å². The van der Waals surface area contributed by atoms with E-state index >= 15 is 0 Å². The van der Waals surface area contributed by atoms with Crippen LogP contribution in [0, 0.1) is 16.7 Å². The maximum absolute atomic E-state index is 8.48. The lowest BCUT2D eigenvalue weighted by atomic mass is 10.1. The van der Waals surface area contributed by atoms with E-state index < -0.39 is 0 Å². The van der Waals surface area contributed by atoms with E-state index in [1.165, 1.54) is 19.3 Å². The molecule has 1 aliphatic carbocycles. The number of thiocarbonyl (C=S) groups is 1. The van der Waals surface area contributed by atoms with E-state index in [0.29, 0.717) is 11.8 Å². The second-order valence-electron chi connectivity index (χ2n) is 3.90. The van der Waals surface area contributed by atoms with Crippen molar-refractivity contribution in [2.24, 2.45) is 5.41 Å². The van der Waals surface area contributed by atoms with Gasteiger partial charge in [0.2, 0.25) is 0 Å². The molecule has 1 aliphatic heterocycles. The van der Waals surface area contributed by atoms with Crippen LogP contribution in [0.25, 0.3) is 0 Å². The molecule has 1 heterocycles. The quantitative estimate of drug-likeness (QED) is 0.575.